The summed E-state index contributed by atoms with van der Waals surface area (Å²) in [5, 5.41) is 18.0. The number of carbonyl (C=O) groups is 1. The number of benzene rings is 1. The van der Waals surface area contributed by atoms with Crippen molar-refractivity contribution >= 4 is 11.7 Å². The maximum absolute atomic E-state index is 11.1. The standard InChI is InChI=1S/C14H20N4O3/c1-21-12-4-2-9(6-11(12)14(15)18-20)7-16-10-3-5-13(19)17-8-10/h2,4,6,10,16,20H,3,5,7-8H2,1H3,(H2,15,18)(H,17,19). The van der Waals surface area contributed by atoms with Gasteiger partial charge in [-0.1, -0.05) is 11.2 Å². The molecule has 0 saturated carbocycles. The number of nitrogens with zero attached hydrogens (tertiary/aromatic N) is 1. The largest absolute Gasteiger partial charge is 0.496 e. The molecular formula is C14H20N4O3. The number of nitrogens with one attached hydrogen (secondary N) is 2. The molecule has 0 aromatic heterocycles. The quantitative estimate of drug-likeness (QED) is 0.267. The van der Waals surface area contributed by atoms with E-state index < -0.39 is 0 Å². The highest BCUT2D eigenvalue weighted by atomic mass is 16.5. The number of amidine groups is 1. The lowest BCUT2D eigenvalue weighted by Crippen LogP contribution is -2.45. The molecule has 1 heterocycles. The molecule has 1 unspecified atom stereocenters. The van der Waals surface area contributed by atoms with E-state index in [1.54, 1.807) is 6.07 Å². The van der Waals surface area contributed by atoms with Gasteiger partial charge < -0.3 is 26.3 Å². The molecular weight excluding hydrogens is 272 g/mol. The van der Waals surface area contributed by atoms with E-state index in [1.165, 1.54) is 7.11 Å². The first-order valence-electron chi connectivity index (χ1n) is 6.79. The lowest BCUT2D eigenvalue weighted by atomic mass is 10.1. The van der Waals surface area contributed by atoms with Crippen LogP contribution in [-0.2, 0) is 11.3 Å². The van der Waals surface area contributed by atoms with E-state index in [-0.39, 0.29) is 17.8 Å². The lowest BCUT2D eigenvalue weighted by Gasteiger charge is -2.23. The van der Waals surface area contributed by atoms with Crippen LogP contribution in [0.1, 0.15) is 24.0 Å². The van der Waals surface area contributed by atoms with Crippen molar-refractivity contribution in [3.05, 3.63) is 29.3 Å². The van der Waals surface area contributed by atoms with Crippen LogP contribution in [0.4, 0.5) is 0 Å². The van der Waals surface area contributed by atoms with Crippen LogP contribution in [0.5, 0.6) is 5.75 Å². The Balaban J connectivity index is 2.02. The summed E-state index contributed by atoms with van der Waals surface area (Å²) in [7, 11) is 1.53. The van der Waals surface area contributed by atoms with E-state index in [1.807, 2.05) is 12.1 Å². The molecule has 1 aromatic carbocycles. The van der Waals surface area contributed by atoms with Gasteiger partial charge in [0.05, 0.1) is 12.7 Å². The van der Waals surface area contributed by atoms with Gasteiger partial charge in [-0.25, -0.2) is 0 Å². The maximum Gasteiger partial charge on any atom is 0.220 e. The molecule has 0 radical (unpaired) electrons. The van der Waals surface area contributed by atoms with Gasteiger partial charge in [0.25, 0.3) is 0 Å². The number of ether oxygens (including phenoxy) is 1. The second-order valence-corrected chi connectivity index (χ2v) is 4.94. The number of nitrogens with two attached hydrogens (primary N) is 1. The summed E-state index contributed by atoms with van der Waals surface area (Å²) in [6.45, 7) is 1.28. The van der Waals surface area contributed by atoms with Crippen LogP contribution < -0.4 is 21.1 Å². The molecule has 7 nitrogen and oxygen atoms in total. The third kappa shape index (κ3) is 3.85. The first-order valence-corrected chi connectivity index (χ1v) is 6.79. The van der Waals surface area contributed by atoms with Gasteiger partial charge in [0.2, 0.25) is 5.91 Å². The van der Waals surface area contributed by atoms with Crippen molar-refractivity contribution in [2.45, 2.75) is 25.4 Å². The van der Waals surface area contributed by atoms with Crippen molar-refractivity contribution in [1.29, 1.82) is 0 Å². The molecule has 0 spiro atoms. The zero-order valence-electron chi connectivity index (χ0n) is 11.9. The van der Waals surface area contributed by atoms with Crippen molar-refractivity contribution in [1.82, 2.24) is 10.6 Å². The molecule has 1 aliphatic heterocycles. The molecule has 114 valence electrons. The fourth-order valence-corrected chi connectivity index (χ4v) is 2.29. The van der Waals surface area contributed by atoms with Crippen molar-refractivity contribution in [2.75, 3.05) is 13.7 Å². The Hall–Kier alpha value is -2.28. The number of rotatable bonds is 5. The molecule has 1 amide bonds. The van der Waals surface area contributed by atoms with Gasteiger partial charge >= 0.3 is 0 Å². The summed E-state index contributed by atoms with van der Waals surface area (Å²) in [5.41, 5.74) is 7.19. The highest BCUT2D eigenvalue weighted by Crippen LogP contribution is 2.20. The molecule has 5 N–H and O–H groups in total. The molecule has 1 saturated heterocycles. The van der Waals surface area contributed by atoms with E-state index >= 15 is 0 Å². The van der Waals surface area contributed by atoms with Crippen LogP contribution in [0.3, 0.4) is 0 Å². The summed E-state index contributed by atoms with van der Waals surface area (Å²) in [6.07, 6.45) is 1.38. The Morgan fingerprint density at radius 1 is 1.62 bits per heavy atom. The van der Waals surface area contributed by atoms with E-state index in [4.69, 9.17) is 15.7 Å². The lowest BCUT2D eigenvalue weighted by molar-refractivity contribution is -0.122. The minimum atomic E-state index is 0.0126. The normalized spacial score (nSPS) is 19.2. The zero-order valence-corrected chi connectivity index (χ0v) is 11.9. The van der Waals surface area contributed by atoms with Crippen LogP contribution >= 0.6 is 0 Å². The zero-order chi connectivity index (χ0) is 15.2. The molecule has 21 heavy (non-hydrogen) atoms. The summed E-state index contributed by atoms with van der Waals surface area (Å²) in [6, 6.07) is 5.79. The van der Waals surface area contributed by atoms with Gasteiger partial charge in [-0.2, -0.15) is 0 Å². The van der Waals surface area contributed by atoms with E-state index in [0.717, 1.165) is 12.0 Å². The minimum absolute atomic E-state index is 0.0126. The first-order chi connectivity index (χ1) is 10.1. The molecule has 0 aliphatic carbocycles. The van der Waals surface area contributed by atoms with Crippen molar-refractivity contribution in [2.24, 2.45) is 10.9 Å². The molecule has 1 aromatic rings. The third-order valence-corrected chi connectivity index (χ3v) is 3.51. The van der Waals surface area contributed by atoms with Gasteiger partial charge in [-0.15, -0.1) is 0 Å². The van der Waals surface area contributed by atoms with Crippen molar-refractivity contribution in [3.8, 4) is 5.75 Å². The summed E-state index contributed by atoms with van der Waals surface area (Å²) >= 11 is 0. The number of piperidine rings is 1. The number of amides is 1. The SMILES string of the molecule is COc1ccc(CNC2CCC(=O)NC2)cc1C(N)=NO. The highest BCUT2D eigenvalue weighted by Gasteiger charge is 2.17. The van der Waals surface area contributed by atoms with Gasteiger partial charge in [-0.05, 0) is 24.1 Å². The van der Waals surface area contributed by atoms with Crippen LogP contribution in [0, 0.1) is 0 Å². The number of hydrogen-bond donors (Lipinski definition) is 4. The third-order valence-electron chi connectivity index (χ3n) is 3.51. The van der Waals surface area contributed by atoms with Crippen LogP contribution in [0.15, 0.2) is 23.4 Å². The Morgan fingerprint density at radius 2 is 2.43 bits per heavy atom. The second kappa shape index (κ2) is 6.94. The maximum atomic E-state index is 11.1. The van der Waals surface area contributed by atoms with Crippen molar-refractivity contribution in [3.63, 3.8) is 0 Å². The Labute approximate surface area is 123 Å². The fourth-order valence-electron chi connectivity index (χ4n) is 2.29. The van der Waals surface area contributed by atoms with Crippen LogP contribution in [0.25, 0.3) is 0 Å². The number of methoxy groups -OCH3 is 1. The smallest absolute Gasteiger partial charge is 0.220 e. The molecule has 1 atom stereocenters. The van der Waals surface area contributed by atoms with Gasteiger partial charge in [0.1, 0.15) is 5.75 Å². The molecule has 0 bridgehead atoms. The molecule has 1 fully saturated rings. The average Bonchev–Trinajstić information content (AvgIpc) is 2.53. The topological polar surface area (TPSA) is 109 Å². The van der Waals surface area contributed by atoms with E-state index in [0.29, 0.717) is 30.8 Å². The second-order valence-electron chi connectivity index (χ2n) is 4.94. The Bertz CT molecular complexity index is 535. The molecule has 2 rings (SSSR count). The van der Waals surface area contributed by atoms with E-state index in [2.05, 4.69) is 15.8 Å². The predicted octanol–water partition coefficient (Wildman–Crippen LogP) is 0.158. The number of hydrogen-bond acceptors (Lipinski definition) is 5. The summed E-state index contributed by atoms with van der Waals surface area (Å²) in [5.74, 6) is 0.671. The highest BCUT2D eigenvalue weighted by molar-refractivity contribution is 5.99. The first kappa shape index (κ1) is 15.1. The fraction of sp³-hybridized carbons (Fsp3) is 0.429. The average molecular weight is 292 g/mol. The summed E-state index contributed by atoms with van der Waals surface area (Å²) in [4.78, 5) is 11.1. The Kier molecular flexibility index (Phi) is 4.99. The number of carbonyl (C=O) groups excluding carboxylic acids is 1. The van der Waals surface area contributed by atoms with Crippen molar-refractivity contribution < 1.29 is 14.7 Å². The van der Waals surface area contributed by atoms with Gasteiger partial charge in [-0.3, -0.25) is 4.79 Å². The minimum Gasteiger partial charge on any atom is -0.496 e. The summed E-state index contributed by atoms with van der Waals surface area (Å²) < 4.78 is 5.19. The number of oxime groups is 1. The van der Waals surface area contributed by atoms with Gasteiger partial charge in [0.15, 0.2) is 5.84 Å². The predicted molar refractivity (Wildman–Crippen MR) is 78.4 cm³/mol. The molecule has 7 heteroatoms. The van der Waals surface area contributed by atoms with Crippen LogP contribution in [-0.4, -0.2) is 36.6 Å². The van der Waals surface area contributed by atoms with Crippen LogP contribution in [0.2, 0.25) is 0 Å². The Morgan fingerprint density at radius 3 is 3.05 bits per heavy atom. The van der Waals surface area contributed by atoms with E-state index in [9.17, 15) is 4.79 Å². The molecule has 1 aliphatic rings. The monoisotopic (exact) mass is 292 g/mol. The van der Waals surface area contributed by atoms with Gasteiger partial charge in [0, 0.05) is 25.6 Å².